The maximum atomic E-state index is 13.4. The molecule has 1 rings (SSSR count). The predicted octanol–water partition coefficient (Wildman–Crippen LogP) is 2.35. The topological polar surface area (TPSA) is 44.1 Å². The maximum Gasteiger partial charge on any atom is 0.236 e. The summed E-state index contributed by atoms with van der Waals surface area (Å²) in [5.41, 5.74) is 0.262. The first-order chi connectivity index (χ1) is 7.56. The molecule has 1 aromatic rings. The van der Waals surface area contributed by atoms with Crippen molar-refractivity contribution in [2.24, 2.45) is 0 Å². The number of nitrogens with zero attached hydrogens (tertiary/aromatic N) is 2. The number of rotatable bonds is 3. The molecule has 0 unspecified atom stereocenters. The van der Waals surface area contributed by atoms with Crippen molar-refractivity contribution >= 4 is 17.5 Å². The molecule has 0 spiro atoms. The summed E-state index contributed by atoms with van der Waals surface area (Å²) in [7, 11) is 1.50. The van der Waals surface area contributed by atoms with Gasteiger partial charge >= 0.3 is 0 Å². The second-order valence-electron chi connectivity index (χ2n) is 3.28. The van der Waals surface area contributed by atoms with Crippen molar-refractivity contribution in [3.8, 4) is 6.07 Å². The third-order valence-electron chi connectivity index (χ3n) is 2.11. The van der Waals surface area contributed by atoms with E-state index in [2.05, 4.69) is 0 Å². The van der Waals surface area contributed by atoms with E-state index in [9.17, 15) is 9.18 Å². The zero-order chi connectivity index (χ0) is 12.1. The van der Waals surface area contributed by atoms with Crippen LogP contribution in [-0.2, 0) is 11.3 Å². The van der Waals surface area contributed by atoms with Crippen molar-refractivity contribution in [2.45, 2.75) is 13.0 Å². The van der Waals surface area contributed by atoms with Crippen molar-refractivity contribution in [3.05, 3.63) is 34.6 Å². The first-order valence-electron chi connectivity index (χ1n) is 4.60. The first kappa shape index (κ1) is 12.5. The van der Waals surface area contributed by atoms with Crippen LogP contribution in [0.15, 0.2) is 18.2 Å². The fourth-order valence-electron chi connectivity index (χ4n) is 1.21. The summed E-state index contributed by atoms with van der Waals surface area (Å²) < 4.78 is 13.4. The van der Waals surface area contributed by atoms with Crippen LogP contribution in [0.1, 0.15) is 12.0 Å². The van der Waals surface area contributed by atoms with E-state index in [1.807, 2.05) is 0 Å². The maximum absolute atomic E-state index is 13.4. The molecule has 0 fully saturated rings. The van der Waals surface area contributed by atoms with Crippen LogP contribution >= 0.6 is 11.6 Å². The lowest BCUT2D eigenvalue weighted by Gasteiger charge is -2.16. The number of hydrogen-bond donors (Lipinski definition) is 0. The van der Waals surface area contributed by atoms with Gasteiger partial charge in [-0.25, -0.2) is 4.39 Å². The molecule has 0 heterocycles. The normalized spacial score (nSPS) is 9.62. The monoisotopic (exact) mass is 240 g/mol. The zero-order valence-electron chi connectivity index (χ0n) is 8.70. The average molecular weight is 241 g/mol. The molecule has 0 aliphatic carbocycles. The minimum Gasteiger partial charge on any atom is -0.340 e. The highest BCUT2D eigenvalue weighted by molar-refractivity contribution is 6.31. The number of halogens is 2. The Hall–Kier alpha value is -1.60. The number of benzene rings is 1. The lowest BCUT2D eigenvalue weighted by molar-refractivity contribution is -0.129. The van der Waals surface area contributed by atoms with E-state index in [1.54, 1.807) is 12.1 Å². The van der Waals surface area contributed by atoms with Gasteiger partial charge in [0.15, 0.2) is 0 Å². The summed E-state index contributed by atoms with van der Waals surface area (Å²) in [4.78, 5) is 12.6. The van der Waals surface area contributed by atoms with E-state index in [0.717, 1.165) is 0 Å². The highest BCUT2D eigenvalue weighted by Crippen LogP contribution is 2.20. The molecule has 0 saturated heterocycles. The molecule has 0 radical (unpaired) electrons. The van der Waals surface area contributed by atoms with Crippen LogP contribution in [0.25, 0.3) is 0 Å². The average Bonchev–Trinajstić information content (AvgIpc) is 2.23. The van der Waals surface area contributed by atoms with Gasteiger partial charge in [0.1, 0.15) is 12.2 Å². The summed E-state index contributed by atoms with van der Waals surface area (Å²) in [5, 5.41) is 8.64. The predicted molar refractivity (Wildman–Crippen MR) is 58.1 cm³/mol. The van der Waals surface area contributed by atoms with Crippen LogP contribution in [0.4, 0.5) is 4.39 Å². The van der Waals surface area contributed by atoms with Crippen molar-refractivity contribution in [1.29, 1.82) is 5.26 Å². The quantitative estimate of drug-likeness (QED) is 0.814. The highest BCUT2D eigenvalue weighted by atomic mass is 35.5. The lowest BCUT2D eigenvalue weighted by atomic mass is 10.2. The van der Waals surface area contributed by atoms with E-state index < -0.39 is 5.82 Å². The van der Waals surface area contributed by atoms with Gasteiger partial charge in [0.2, 0.25) is 5.91 Å². The standard InChI is InChI=1S/C11H10ClFN2O/c1-15(11(16)5-6-14)7-8-9(12)3-2-4-10(8)13/h2-4H,5,7H2,1H3. The van der Waals surface area contributed by atoms with Gasteiger partial charge in [-0.3, -0.25) is 4.79 Å². The smallest absolute Gasteiger partial charge is 0.236 e. The van der Waals surface area contributed by atoms with Crippen LogP contribution in [0.5, 0.6) is 0 Å². The van der Waals surface area contributed by atoms with E-state index in [4.69, 9.17) is 16.9 Å². The summed E-state index contributed by atoms with van der Waals surface area (Å²) in [5.74, 6) is -0.814. The van der Waals surface area contributed by atoms with Crippen molar-refractivity contribution in [2.75, 3.05) is 7.05 Å². The molecule has 0 atom stereocenters. The molecule has 84 valence electrons. The summed E-state index contributed by atoms with van der Waals surface area (Å²) in [6, 6.07) is 6.08. The second-order valence-corrected chi connectivity index (χ2v) is 3.69. The molecule has 1 amide bonds. The van der Waals surface area contributed by atoms with Crippen LogP contribution in [0.2, 0.25) is 5.02 Å². The number of carbonyl (C=O) groups is 1. The van der Waals surface area contributed by atoms with Gasteiger partial charge in [-0.15, -0.1) is 0 Å². The van der Waals surface area contributed by atoms with Gasteiger partial charge in [0.05, 0.1) is 6.07 Å². The van der Waals surface area contributed by atoms with Gasteiger partial charge in [-0.05, 0) is 12.1 Å². The van der Waals surface area contributed by atoms with E-state index in [1.165, 1.54) is 24.1 Å². The number of nitriles is 1. The molecule has 16 heavy (non-hydrogen) atoms. The van der Waals surface area contributed by atoms with Gasteiger partial charge in [0.25, 0.3) is 0 Å². The molecule has 0 saturated carbocycles. The molecule has 0 aliphatic rings. The molecular formula is C11H10ClFN2O. The Morgan fingerprint density at radius 2 is 2.31 bits per heavy atom. The largest absolute Gasteiger partial charge is 0.340 e. The molecule has 0 aromatic heterocycles. The van der Waals surface area contributed by atoms with Gasteiger partial charge < -0.3 is 4.90 Å². The number of hydrogen-bond acceptors (Lipinski definition) is 2. The first-order valence-corrected chi connectivity index (χ1v) is 4.98. The van der Waals surface area contributed by atoms with Crippen molar-refractivity contribution in [1.82, 2.24) is 4.90 Å². The Kier molecular flexibility index (Phi) is 4.27. The van der Waals surface area contributed by atoms with Gasteiger partial charge in [-0.2, -0.15) is 5.26 Å². The zero-order valence-corrected chi connectivity index (χ0v) is 9.46. The molecule has 0 N–H and O–H groups in total. The second kappa shape index (κ2) is 5.47. The lowest BCUT2D eigenvalue weighted by Crippen LogP contribution is -2.26. The third kappa shape index (κ3) is 2.94. The Morgan fingerprint density at radius 1 is 1.62 bits per heavy atom. The van der Waals surface area contributed by atoms with Gasteiger partial charge in [0, 0.05) is 24.2 Å². The Balaban J connectivity index is 2.81. The minimum atomic E-state index is -0.455. The Labute approximate surface area is 98.0 Å². The Morgan fingerprint density at radius 3 is 2.88 bits per heavy atom. The molecule has 0 bridgehead atoms. The molecule has 0 aliphatic heterocycles. The van der Waals surface area contributed by atoms with Crippen LogP contribution in [0, 0.1) is 17.1 Å². The fraction of sp³-hybridized carbons (Fsp3) is 0.273. The van der Waals surface area contributed by atoms with Crippen LogP contribution < -0.4 is 0 Å². The molecule has 1 aromatic carbocycles. The number of carbonyl (C=O) groups excluding carboxylic acids is 1. The molecule has 3 nitrogen and oxygen atoms in total. The van der Waals surface area contributed by atoms with Crippen LogP contribution in [0.3, 0.4) is 0 Å². The molecular weight excluding hydrogens is 231 g/mol. The van der Waals surface area contributed by atoms with E-state index in [0.29, 0.717) is 0 Å². The van der Waals surface area contributed by atoms with Crippen LogP contribution in [-0.4, -0.2) is 17.9 Å². The molecule has 5 heteroatoms. The van der Waals surface area contributed by atoms with Gasteiger partial charge in [-0.1, -0.05) is 17.7 Å². The third-order valence-corrected chi connectivity index (χ3v) is 2.47. The fourth-order valence-corrected chi connectivity index (χ4v) is 1.43. The van der Waals surface area contributed by atoms with Crippen molar-refractivity contribution < 1.29 is 9.18 Å². The minimum absolute atomic E-state index is 0.0615. The van der Waals surface area contributed by atoms with E-state index >= 15 is 0 Å². The van der Waals surface area contributed by atoms with E-state index in [-0.39, 0.29) is 29.5 Å². The Bertz CT molecular complexity index is 422. The summed E-state index contributed by atoms with van der Waals surface area (Å²) in [6.07, 6.45) is -0.220. The summed E-state index contributed by atoms with van der Waals surface area (Å²) >= 11 is 5.81. The van der Waals surface area contributed by atoms with Crippen molar-refractivity contribution in [3.63, 3.8) is 0 Å². The number of amides is 1. The SMILES string of the molecule is CN(Cc1c(F)cccc1Cl)C(=O)CC#N. The summed E-state index contributed by atoms with van der Waals surface area (Å²) in [6.45, 7) is 0.0615. The highest BCUT2D eigenvalue weighted by Gasteiger charge is 2.13.